The summed E-state index contributed by atoms with van der Waals surface area (Å²) in [6.45, 7) is 8.72. The maximum Gasteiger partial charge on any atom is 0.336 e. The molecule has 0 radical (unpaired) electrons. The number of likely N-dealkylation sites (N-methyl/N-ethyl adjacent to an activating group) is 1. The summed E-state index contributed by atoms with van der Waals surface area (Å²) in [5, 5.41) is 51.0. The number of phenolic OH excluding ortho intramolecular Hbond substituents is 1. The first kappa shape index (κ1) is 32.8. The number of hydrogen-bond donors (Lipinski definition) is 6. The zero-order valence-corrected chi connectivity index (χ0v) is 20.2. The van der Waals surface area contributed by atoms with Gasteiger partial charge in [-0.1, -0.05) is 13.8 Å². The number of carboxylic acid groups (broad SMARTS) is 4. The van der Waals surface area contributed by atoms with Crippen LogP contribution >= 0.6 is 0 Å². The Morgan fingerprint density at radius 2 is 1.44 bits per heavy atom. The molecular formula is C22H35NO11. The molecule has 0 heterocycles. The average Bonchev–Trinajstić information content (AvgIpc) is 2.62. The highest BCUT2D eigenvalue weighted by Crippen LogP contribution is 2.32. The molecule has 12 nitrogen and oxygen atoms in total. The van der Waals surface area contributed by atoms with E-state index in [0.29, 0.717) is 18.3 Å². The Morgan fingerprint density at radius 1 is 1.00 bits per heavy atom. The number of hydrogen-bond acceptors (Lipinski definition) is 8. The van der Waals surface area contributed by atoms with Gasteiger partial charge in [0, 0.05) is 19.0 Å². The first-order chi connectivity index (χ1) is 15.4. The van der Waals surface area contributed by atoms with E-state index in [2.05, 4.69) is 18.7 Å². The predicted octanol–water partition coefficient (Wildman–Crippen LogP) is 1.61. The second-order valence-electron chi connectivity index (χ2n) is 7.98. The Bertz CT molecular complexity index is 814. The molecule has 0 unspecified atom stereocenters. The van der Waals surface area contributed by atoms with Crippen LogP contribution in [-0.2, 0) is 19.2 Å². The summed E-state index contributed by atoms with van der Waals surface area (Å²) in [6.07, 6.45) is -2.29. The molecule has 0 aliphatic heterocycles. The average molecular weight is 490 g/mol. The van der Waals surface area contributed by atoms with Gasteiger partial charge >= 0.3 is 17.9 Å². The third-order valence-electron chi connectivity index (χ3n) is 4.03. The minimum absolute atomic E-state index is 0.341. The lowest BCUT2D eigenvalue weighted by Gasteiger charge is -2.18. The van der Waals surface area contributed by atoms with Gasteiger partial charge in [0.1, 0.15) is 18.1 Å². The molecule has 194 valence electrons. The molecule has 1 aromatic carbocycles. The third kappa shape index (κ3) is 14.6. The van der Waals surface area contributed by atoms with E-state index in [1.807, 2.05) is 33.2 Å². The van der Waals surface area contributed by atoms with Gasteiger partial charge in [-0.3, -0.25) is 14.4 Å². The number of carbonyl (C=O) groups is 4. The molecule has 0 aromatic heterocycles. The zero-order valence-electron chi connectivity index (χ0n) is 20.2. The number of aryl methyl sites for hydroxylation is 1. The van der Waals surface area contributed by atoms with Crippen molar-refractivity contribution >= 4 is 23.9 Å². The molecule has 34 heavy (non-hydrogen) atoms. The zero-order chi connectivity index (χ0) is 27.2. The number of ether oxygens (including phenoxy) is 1. The molecule has 0 atom stereocenters. The normalized spacial score (nSPS) is 10.5. The molecule has 6 N–H and O–H groups in total. The Labute approximate surface area is 198 Å². The van der Waals surface area contributed by atoms with E-state index in [1.165, 1.54) is 0 Å². The van der Waals surface area contributed by atoms with Gasteiger partial charge in [-0.2, -0.15) is 0 Å². The largest absolute Gasteiger partial charge is 0.508 e. The molecule has 0 aliphatic carbocycles. The third-order valence-corrected chi connectivity index (χ3v) is 4.03. The SMILES string of the molecule is CC(=O)O.Cc1cc(OCCN(C)C)c(C(C)C)cc1O.O=C(O)CC(O)(CC(=O)O)C(=O)O. The lowest BCUT2D eigenvalue weighted by molar-refractivity contribution is -0.170. The first-order valence-corrected chi connectivity index (χ1v) is 10.1. The van der Waals surface area contributed by atoms with Crippen molar-refractivity contribution in [2.45, 2.75) is 52.1 Å². The van der Waals surface area contributed by atoms with Gasteiger partial charge in [0.15, 0.2) is 5.60 Å². The van der Waals surface area contributed by atoms with Crippen molar-refractivity contribution in [2.75, 3.05) is 27.2 Å². The quantitative estimate of drug-likeness (QED) is 0.277. The van der Waals surface area contributed by atoms with Crippen LogP contribution in [0, 0.1) is 6.92 Å². The summed E-state index contributed by atoms with van der Waals surface area (Å²) in [4.78, 5) is 41.6. The molecule has 0 amide bonds. The van der Waals surface area contributed by atoms with Crippen LogP contribution in [0.3, 0.4) is 0 Å². The summed E-state index contributed by atoms with van der Waals surface area (Å²) in [6, 6.07) is 3.73. The maximum atomic E-state index is 10.3. The fraction of sp³-hybridized carbons (Fsp3) is 0.545. The van der Waals surface area contributed by atoms with Crippen molar-refractivity contribution in [3.05, 3.63) is 23.3 Å². The lowest BCUT2D eigenvalue weighted by Crippen LogP contribution is -2.42. The fourth-order valence-electron chi connectivity index (χ4n) is 2.31. The van der Waals surface area contributed by atoms with Crippen LogP contribution < -0.4 is 4.74 Å². The van der Waals surface area contributed by atoms with Crippen LogP contribution in [-0.4, -0.2) is 92.3 Å². The molecule has 0 saturated heterocycles. The van der Waals surface area contributed by atoms with E-state index in [9.17, 15) is 19.5 Å². The Balaban J connectivity index is 0. The number of phenols is 1. The Kier molecular flexibility index (Phi) is 14.9. The van der Waals surface area contributed by atoms with Crippen molar-refractivity contribution < 1.29 is 54.6 Å². The molecule has 1 aromatic rings. The molecule has 1 rings (SSSR count). The van der Waals surface area contributed by atoms with Crippen LogP contribution in [0.15, 0.2) is 12.1 Å². The topological polar surface area (TPSA) is 202 Å². The number of nitrogens with zero attached hydrogens (tertiary/aromatic N) is 1. The molecule has 0 spiro atoms. The molecule has 0 saturated carbocycles. The van der Waals surface area contributed by atoms with E-state index >= 15 is 0 Å². The fourth-order valence-corrected chi connectivity index (χ4v) is 2.31. The molecular weight excluding hydrogens is 454 g/mol. The van der Waals surface area contributed by atoms with Gasteiger partial charge < -0.3 is 40.3 Å². The van der Waals surface area contributed by atoms with Crippen molar-refractivity contribution in [1.82, 2.24) is 4.90 Å². The Morgan fingerprint density at radius 3 is 1.76 bits per heavy atom. The highest BCUT2D eigenvalue weighted by Gasteiger charge is 2.40. The van der Waals surface area contributed by atoms with E-state index in [0.717, 1.165) is 30.3 Å². The van der Waals surface area contributed by atoms with Crippen LogP contribution in [0.4, 0.5) is 0 Å². The van der Waals surface area contributed by atoms with Crippen LogP contribution in [0.1, 0.15) is 50.7 Å². The van der Waals surface area contributed by atoms with E-state index in [4.69, 9.17) is 35.1 Å². The monoisotopic (exact) mass is 489 g/mol. The van der Waals surface area contributed by atoms with E-state index in [-0.39, 0.29) is 0 Å². The number of aliphatic hydroxyl groups is 1. The Hall–Kier alpha value is -3.38. The van der Waals surface area contributed by atoms with Gasteiger partial charge in [0.2, 0.25) is 0 Å². The van der Waals surface area contributed by atoms with Gasteiger partial charge in [0.05, 0.1) is 12.8 Å². The van der Waals surface area contributed by atoms with E-state index in [1.54, 1.807) is 0 Å². The highest BCUT2D eigenvalue weighted by atomic mass is 16.5. The highest BCUT2D eigenvalue weighted by molar-refractivity contribution is 5.88. The first-order valence-electron chi connectivity index (χ1n) is 10.1. The van der Waals surface area contributed by atoms with Crippen LogP contribution in [0.2, 0.25) is 0 Å². The maximum absolute atomic E-state index is 10.3. The molecule has 0 aliphatic rings. The predicted molar refractivity (Wildman–Crippen MR) is 121 cm³/mol. The van der Waals surface area contributed by atoms with E-state index < -0.39 is 42.3 Å². The number of rotatable bonds is 10. The van der Waals surface area contributed by atoms with Crippen LogP contribution in [0.25, 0.3) is 0 Å². The molecule has 12 heteroatoms. The van der Waals surface area contributed by atoms with Crippen molar-refractivity contribution in [3.63, 3.8) is 0 Å². The molecule has 0 bridgehead atoms. The summed E-state index contributed by atoms with van der Waals surface area (Å²) >= 11 is 0. The standard InChI is InChI=1S/C14H23NO2.C6H8O7.C2H4O2/c1-10(2)12-9-13(16)11(3)8-14(12)17-7-6-15(4)5;7-3(8)1-6(13,5(11)12)2-4(9)10;1-2(3)4/h8-10,16H,6-7H2,1-5H3;13H,1-2H2,(H,7,8)(H,9,10)(H,11,12);1H3,(H,3,4). The smallest absolute Gasteiger partial charge is 0.336 e. The summed E-state index contributed by atoms with van der Waals surface area (Å²) in [5.74, 6) is -4.28. The van der Waals surface area contributed by atoms with Crippen molar-refractivity contribution in [3.8, 4) is 11.5 Å². The second kappa shape index (κ2) is 15.5. The molecule has 0 fully saturated rings. The van der Waals surface area contributed by atoms with Crippen LogP contribution in [0.5, 0.6) is 11.5 Å². The van der Waals surface area contributed by atoms with Crippen molar-refractivity contribution in [2.24, 2.45) is 0 Å². The summed E-state index contributed by atoms with van der Waals surface area (Å²) in [5.41, 5.74) is -0.821. The van der Waals surface area contributed by atoms with Crippen molar-refractivity contribution in [1.29, 1.82) is 0 Å². The number of aliphatic carboxylic acids is 4. The van der Waals surface area contributed by atoms with Gasteiger partial charge in [-0.15, -0.1) is 0 Å². The lowest BCUT2D eigenvalue weighted by atomic mass is 9.96. The minimum atomic E-state index is -2.74. The van der Waals surface area contributed by atoms with Gasteiger partial charge in [-0.25, -0.2) is 4.79 Å². The number of aromatic hydroxyl groups is 1. The summed E-state index contributed by atoms with van der Waals surface area (Å²) < 4.78 is 5.79. The van der Waals surface area contributed by atoms with Gasteiger partial charge in [-0.05, 0) is 44.6 Å². The minimum Gasteiger partial charge on any atom is -0.508 e. The number of benzene rings is 1. The number of carboxylic acids is 4. The van der Waals surface area contributed by atoms with Gasteiger partial charge in [0.25, 0.3) is 5.97 Å². The summed E-state index contributed by atoms with van der Waals surface area (Å²) in [7, 11) is 4.05. The second-order valence-corrected chi connectivity index (χ2v) is 7.98.